The zero-order chi connectivity index (χ0) is 41.8. The van der Waals surface area contributed by atoms with Crippen LogP contribution in [0.2, 0.25) is 0 Å². The van der Waals surface area contributed by atoms with Gasteiger partial charge in [0.05, 0.1) is 0 Å². The second-order valence-corrected chi connectivity index (χ2v) is 21.6. The first-order valence-corrected chi connectivity index (χ1v) is 24.8. The molecule has 4 aliphatic rings. The van der Waals surface area contributed by atoms with Crippen molar-refractivity contribution in [3.05, 3.63) is 193 Å². The van der Waals surface area contributed by atoms with Crippen LogP contribution in [0.15, 0.2) is 182 Å². The summed E-state index contributed by atoms with van der Waals surface area (Å²) in [5.74, 6) is 4.89. The van der Waals surface area contributed by atoms with Crippen molar-refractivity contribution in [2.45, 2.75) is 37.5 Å². The Kier molecular flexibility index (Phi) is 9.73. The average molecular weight is 824 g/mol. The van der Waals surface area contributed by atoms with Crippen LogP contribution in [0.4, 0.5) is 0 Å². The Labute approximate surface area is 365 Å². The summed E-state index contributed by atoms with van der Waals surface area (Å²) in [6.45, 7) is 3.70. The lowest BCUT2D eigenvalue weighted by atomic mass is 9.42. The Morgan fingerprint density at radius 2 is 0.726 bits per heavy atom. The summed E-state index contributed by atoms with van der Waals surface area (Å²) in [6.07, 6.45) is 6.60. The Hall–Kier alpha value is -6.22. The molecule has 0 atom stereocenters. The van der Waals surface area contributed by atoms with Crippen LogP contribution in [-0.2, 0) is 9.98 Å². The van der Waals surface area contributed by atoms with Gasteiger partial charge in [0, 0.05) is 27.4 Å². The van der Waals surface area contributed by atoms with Crippen molar-refractivity contribution < 1.29 is 4.57 Å². The third-order valence-corrected chi connectivity index (χ3v) is 15.9. The Balaban J connectivity index is 0.979. The van der Waals surface area contributed by atoms with Crippen molar-refractivity contribution in [1.29, 1.82) is 0 Å². The third kappa shape index (κ3) is 7.05. The van der Waals surface area contributed by atoms with Crippen LogP contribution in [0.3, 0.4) is 0 Å². The molecule has 4 bridgehead atoms. The fraction of sp³-hybridized carbons (Fsp3) is 0.211. The normalized spacial score (nSPS) is 21.5. The van der Waals surface area contributed by atoms with Gasteiger partial charge in [-0.25, -0.2) is 15.0 Å². The SMILES string of the molecule is CP(C)(=O)c1cccc(-c2ccc(C3(c4ccc(-c5nc(-c6ccc(-c7ccccc7)cc6)nc(-c6ccc(-c7ccccc7)cc6)n5)cc4)C4CC5CC(C4)CC3C5)cc2)c1. The highest BCUT2D eigenvalue weighted by Gasteiger charge is 2.58. The van der Waals surface area contributed by atoms with E-state index in [1.165, 1.54) is 59.9 Å². The predicted molar refractivity (Wildman–Crippen MR) is 256 cm³/mol. The molecule has 5 heteroatoms. The van der Waals surface area contributed by atoms with Gasteiger partial charge in [-0.05, 0) is 120 Å². The Bertz CT molecular complexity index is 2790. The first kappa shape index (κ1) is 38.7. The van der Waals surface area contributed by atoms with E-state index in [2.05, 4.69) is 158 Å². The lowest BCUT2D eigenvalue weighted by Crippen LogP contribution is -2.56. The Morgan fingerprint density at radius 3 is 1.15 bits per heavy atom. The smallest absolute Gasteiger partial charge is 0.164 e. The van der Waals surface area contributed by atoms with Gasteiger partial charge in [0.15, 0.2) is 17.5 Å². The van der Waals surface area contributed by atoms with Crippen molar-refractivity contribution in [1.82, 2.24) is 15.0 Å². The summed E-state index contributed by atoms with van der Waals surface area (Å²) < 4.78 is 13.0. The average Bonchev–Trinajstić information content (AvgIpc) is 3.32. The second kappa shape index (κ2) is 15.6. The summed E-state index contributed by atoms with van der Waals surface area (Å²) in [4.78, 5) is 15.5. The van der Waals surface area contributed by atoms with Crippen molar-refractivity contribution >= 4 is 12.4 Å². The minimum atomic E-state index is -2.36. The number of aromatic nitrogens is 3. The standard InChI is InChI=1S/C57H50N3OP/c1-62(2,61)53-15-9-14-48(37-53)44-24-28-49(29-25-44)57(51-33-38-32-39(35-51)36-52(57)34-38)50-30-26-47(27-31-50)56-59-54(45-20-16-42(17-21-45)40-10-5-3-6-11-40)58-55(60-56)46-22-18-43(19-23-46)41-12-7-4-8-13-41/h3-31,37-39,51-52H,32-36H2,1-2H3. The van der Waals surface area contributed by atoms with Gasteiger partial charge in [-0.15, -0.1) is 0 Å². The van der Waals surface area contributed by atoms with Gasteiger partial charge in [-0.3, -0.25) is 0 Å². The van der Waals surface area contributed by atoms with E-state index in [0.29, 0.717) is 29.3 Å². The van der Waals surface area contributed by atoms with E-state index in [1.54, 1.807) is 0 Å². The van der Waals surface area contributed by atoms with E-state index >= 15 is 0 Å². The van der Waals surface area contributed by atoms with Crippen molar-refractivity contribution in [2.24, 2.45) is 23.7 Å². The topological polar surface area (TPSA) is 55.7 Å². The van der Waals surface area contributed by atoms with Crippen LogP contribution in [-0.4, -0.2) is 28.3 Å². The molecule has 12 rings (SSSR count). The predicted octanol–water partition coefficient (Wildman–Crippen LogP) is 13.9. The second-order valence-electron chi connectivity index (χ2n) is 18.4. The first-order chi connectivity index (χ1) is 30.3. The fourth-order valence-electron chi connectivity index (χ4n) is 11.5. The largest absolute Gasteiger partial charge is 0.319 e. The molecule has 62 heavy (non-hydrogen) atoms. The van der Waals surface area contributed by atoms with Crippen LogP contribution in [0.25, 0.3) is 67.5 Å². The van der Waals surface area contributed by atoms with Gasteiger partial charge in [-0.1, -0.05) is 176 Å². The highest BCUT2D eigenvalue weighted by atomic mass is 31.2. The number of hydrogen-bond donors (Lipinski definition) is 0. The molecule has 0 unspecified atom stereocenters. The van der Waals surface area contributed by atoms with Crippen molar-refractivity contribution in [2.75, 3.05) is 13.3 Å². The molecule has 8 aromatic rings. The zero-order valence-electron chi connectivity index (χ0n) is 35.4. The molecular weight excluding hydrogens is 774 g/mol. The maximum absolute atomic E-state index is 13.0. The molecule has 4 fully saturated rings. The first-order valence-electron chi connectivity index (χ1n) is 22.2. The highest BCUT2D eigenvalue weighted by Crippen LogP contribution is 2.65. The van der Waals surface area contributed by atoms with Gasteiger partial charge < -0.3 is 4.57 Å². The number of hydrogen-bond acceptors (Lipinski definition) is 4. The van der Waals surface area contributed by atoms with E-state index in [0.717, 1.165) is 50.5 Å². The summed E-state index contributed by atoms with van der Waals surface area (Å²) in [7, 11) is -2.36. The zero-order valence-corrected chi connectivity index (χ0v) is 36.3. The molecule has 0 N–H and O–H groups in total. The summed E-state index contributed by atoms with van der Waals surface area (Å²) >= 11 is 0. The van der Waals surface area contributed by atoms with E-state index < -0.39 is 7.14 Å². The molecule has 4 nitrogen and oxygen atoms in total. The number of benzene rings is 7. The molecular formula is C57H50N3OP. The van der Waals surface area contributed by atoms with Crippen LogP contribution in [0, 0.1) is 23.7 Å². The molecule has 1 heterocycles. The quantitative estimate of drug-likeness (QED) is 0.136. The van der Waals surface area contributed by atoms with E-state index in [-0.39, 0.29) is 5.41 Å². The molecule has 304 valence electrons. The minimum Gasteiger partial charge on any atom is -0.319 e. The van der Waals surface area contributed by atoms with E-state index in [9.17, 15) is 4.57 Å². The number of rotatable bonds is 9. The van der Waals surface area contributed by atoms with Gasteiger partial charge in [0.1, 0.15) is 7.14 Å². The highest BCUT2D eigenvalue weighted by molar-refractivity contribution is 7.70. The summed E-state index contributed by atoms with van der Waals surface area (Å²) in [5.41, 5.74) is 12.6. The van der Waals surface area contributed by atoms with E-state index in [4.69, 9.17) is 15.0 Å². The molecule has 1 aromatic heterocycles. The van der Waals surface area contributed by atoms with Gasteiger partial charge in [0.25, 0.3) is 0 Å². The van der Waals surface area contributed by atoms with Crippen molar-refractivity contribution in [3.63, 3.8) is 0 Å². The Morgan fingerprint density at radius 1 is 0.387 bits per heavy atom. The van der Waals surface area contributed by atoms with Crippen LogP contribution >= 0.6 is 7.14 Å². The lowest BCUT2D eigenvalue weighted by Gasteiger charge is -2.62. The van der Waals surface area contributed by atoms with Crippen molar-refractivity contribution in [3.8, 4) is 67.5 Å². The van der Waals surface area contributed by atoms with E-state index in [1.807, 2.05) is 37.6 Å². The van der Waals surface area contributed by atoms with Gasteiger partial charge in [-0.2, -0.15) is 0 Å². The molecule has 4 aliphatic carbocycles. The maximum Gasteiger partial charge on any atom is 0.164 e. The molecule has 4 saturated carbocycles. The molecule has 0 aliphatic heterocycles. The third-order valence-electron chi connectivity index (χ3n) is 14.3. The maximum atomic E-state index is 13.0. The van der Waals surface area contributed by atoms with Crippen LogP contribution < -0.4 is 5.30 Å². The lowest BCUT2D eigenvalue weighted by molar-refractivity contribution is -0.0418. The van der Waals surface area contributed by atoms with Crippen LogP contribution in [0.5, 0.6) is 0 Å². The molecule has 0 radical (unpaired) electrons. The molecule has 7 aromatic carbocycles. The molecule has 0 saturated heterocycles. The summed E-state index contributed by atoms with van der Waals surface area (Å²) in [5, 5.41) is 0.927. The minimum absolute atomic E-state index is 0.0503. The van der Waals surface area contributed by atoms with Crippen LogP contribution in [0.1, 0.15) is 43.2 Å². The fourth-order valence-corrected chi connectivity index (χ4v) is 12.4. The van der Waals surface area contributed by atoms with Gasteiger partial charge >= 0.3 is 0 Å². The monoisotopic (exact) mass is 823 g/mol. The molecule has 0 amide bonds. The number of nitrogens with zero attached hydrogens (tertiary/aromatic N) is 3. The van der Waals surface area contributed by atoms with Gasteiger partial charge in [0.2, 0.25) is 0 Å². The summed E-state index contributed by atoms with van der Waals surface area (Å²) in [6, 6.07) is 65.1. The molecule has 0 spiro atoms.